The van der Waals surface area contributed by atoms with Crippen molar-refractivity contribution < 1.29 is 4.79 Å². The van der Waals surface area contributed by atoms with Gasteiger partial charge in [-0.15, -0.1) is 11.3 Å². The van der Waals surface area contributed by atoms with E-state index in [0.29, 0.717) is 16.3 Å². The average Bonchev–Trinajstić information content (AvgIpc) is 2.45. The predicted molar refractivity (Wildman–Crippen MR) is 85.7 cm³/mol. The zero-order valence-corrected chi connectivity index (χ0v) is 11.8. The van der Waals surface area contributed by atoms with Gasteiger partial charge >= 0.3 is 0 Å². The van der Waals surface area contributed by atoms with Gasteiger partial charge in [0.1, 0.15) is 0 Å². The van der Waals surface area contributed by atoms with Gasteiger partial charge in [-0.3, -0.25) is 9.59 Å². The second-order valence-electron chi connectivity index (χ2n) is 4.59. The predicted octanol–water partition coefficient (Wildman–Crippen LogP) is 4.26. The lowest BCUT2D eigenvalue weighted by Gasteiger charge is -2.06. The number of benzene rings is 2. The van der Waals surface area contributed by atoms with Crippen LogP contribution in [0.3, 0.4) is 0 Å². The molecule has 3 rings (SSSR count). The lowest BCUT2D eigenvalue weighted by atomic mass is 10.0. The molecule has 2 aromatic carbocycles. The van der Waals surface area contributed by atoms with E-state index in [1.165, 1.54) is 18.3 Å². The summed E-state index contributed by atoms with van der Waals surface area (Å²) in [4.78, 5) is 24.5. The summed E-state index contributed by atoms with van der Waals surface area (Å²) in [6, 6.07) is 11.1. The molecule has 1 aromatic heterocycles. The number of rotatable bonds is 2. The molecule has 0 saturated carbocycles. The molecule has 0 aliphatic rings. The molecule has 2 nitrogen and oxygen atoms in total. The number of Topliss-reactive ketones (excluding diaryl/α,β-unsaturated/α-hetero) is 1. The molecule has 0 unspecified atom stereocenters. The van der Waals surface area contributed by atoms with Crippen molar-refractivity contribution in [2.24, 2.45) is 0 Å². The van der Waals surface area contributed by atoms with Gasteiger partial charge in [0, 0.05) is 20.3 Å². The Morgan fingerprint density at radius 3 is 2.40 bits per heavy atom. The molecular weight excluding hydrogens is 268 g/mol. The maximum absolute atomic E-state index is 12.8. The molecule has 0 radical (unpaired) electrons. The van der Waals surface area contributed by atoms with E-state index in [-0.39, 0.29) is 11.2 Å². The average molecular weight is 280 g/mol. The van der Waals surface area contributed by atoms with Crippen LogP contribution in [0.5, 0.6) is 0 Å². The van der Waals surface area contributed by atoms with E-state index >= 15 is 0 Å². The number of ketones is 1. The summed E-state index contributed by atoms with van der Waals surface area (Å²) in [5.74, 6) is -0.0877. The first-order valence-electron chi connectivity index (χ1n) is 6.25. The van der Waals surface area contributed by atoms with E-state index in [4.69, 9.17) is 0 Å². The molecule has 0 saturated heterocycles. The lowest BCUT2D eigenvalue weighted by Crippen LogP contribution is -2.07. The van der Waals surface area contributed by atoms with Crippen molar-refractivity contribution in [2.45, 2.75) is 6.92 Å². The molecule has 3 heteroatoms. The van der Waals surface area contributed by atoms with Gasteiger partial charge in [-0.2, -0.15) is 0 Å². The van der Waals surface area contributed by atoms with Crippen molar-refractivity contribution in [2.75, 3.05) is 0 Å². The number of carbonyl (C=O) groups is 1. The first-order valence-corrected chi connectivity index (χ1v) is 7.07. The van der Waals surface area contributed by atoms with Gasteiger partial charge in [-0.25, -0.2) is 0 Å². The first kappa shape index (κ1) is 12.8. The van der Waals surface area contributed by atoms with Gasteiger partial charge in [-0.1, -0.05) is 36.9 Å². The topological polar surface area (TPSA) is 34.1 Å². The fourth-order valence-corrected chi connectivity index (χ4v) is 3.58. The second kappa shape index (κ2) is 4.69. The third-order valence-corrected chi connectivity index (χ3v) is 4.48. The minimum Gasteiger partial charge on any atom is -0.294 e. The van der Waals surface area contributed by atoms with Crippen LogP contribution in [0.25, 0.3) is 26.2 Å². The fraction of sp³-hybridized carbons (Fsp3) is 0.0588. The van der Waals surface area contributed by atoms with Crippen molar-refractivity contribution in [3.63, 3.8) is 0 Å². The summed E-state index contributed by atoms with van der Waals surface area (Å²) in [6.07, 6.45) is 1.68. The molecule has 0 aliphatic carbocycles. The molecule has 1 heterocycles. The Morgan fingerprint density at radius 1 is 1.10 bits per heavy atom. The Bertz CT molecular complexity index is 919. The summed E-state index contributed by atoms with van der Waals surface area (Å²) < 4.78 is 1.76. The van der Waals surface area contributed by atoms with Crippen molar-refractivity contribution >= 4 is 43.4 Å². The van der Waals surface area contributed by atoms with Crippen LogP contribution < -0.4 is 5.43 Å². The number of fused-ring (bicyclic) bond motifs is 2. The fourth-order valence-electron chi connectivity index (χ4n) is 2.43. The summed E-state index contributed by atoms with van der Waals surface area (Å²) in [6.45, 7) is 5.25. The van der Waals surface area contributed by atoms with Crippen LogP contribution in [-0.4, -0.2) is 5.78 Å². The number of hydrogen-bond donors (Lipinski definition) is 0. The highest BCUT2D eigenvalue weighted by Gasteiger charge is 2.13. The summed E-state index contributed by atoms with van der Waals surface area (Å²) >= 11 is 1.53. The Hall–Kier alpha value is -2.26. The summed E-state index contributed by atoms with van der Waals surface area (Å²) in [7, 11) is 0. The maximum atomic E-state index is 12.8. The van der Waals surface area contributed by atoms with Crippen LogP contribution in [0.15, 0.2) is 47.8 Å². The first-order chi connectivity index (χ1) is 9.63. The number of carbonyl (C=O) groups excluding carboxylic acids is 1. The smallest absolute Gasteiger partial charge is 0.197 e. The number of hydrogen-bond acceptors (Lipinski definition) is 3. The van der Waals surface area contributed by atoms with E-state index in [1.54, 1.807) is 12.1 Å². The lowest BCUT2D eigenvalue weighted by molar-refractivity contribution is 0.101. The molecule has 0 aliphatic heterocycles. The Kier molecular flexibility index (Phi) is 2.99. The van der Waals surface area contributed by atoms with E-state index in [1.807, 2.05) is 30.3 Å². The minimum absolute atomic E-state index is 0.0877. The summed E-state index contributed by atoms with van der Waals surface area (Å²) in [5, 5.41) is 1.17. The Balaban J connectivity index is 2.64. The quantitative estimate of drug-likeness (QED) is 0.519. The minimum atomic E-state index is -0.0879. The van der Waals surface area contributed by atoms with Gasteiger partial charge in [0.05, 0.1) is 5.39 Å². The van der Waals surface area contributed by atoms with E-state index < -0.39 is 0 Å². The largest absolute Gasteiger partial charge is 0.294 e. The normalized spacial score (nSPS) is 10.8. The Labute approximate surface area is 120 Å². The van der Waals surface area contributed by atoms with Crippen LogP contribution in [0.2, 0.25) is 0 Å². The zero-order valence-electron chi connectivity index (χ0n) is 11.0. The zero-order chi connectivity index (χ0) is 14.3. The van der Waals surface area contributed by atoms with Crippen LogP contribution in [0.1, 0.15) is 22.8 Å². The van der Waals surface area contributed by atoms with Gasteiger partial charge in [0.25, 0.3) is 0 Å². The molecule has 3 aromatic rings. The van der Waals surface area contributed by atoms with Crippen LogP contribution in [-0.2, 0) is 0 Å². The summed E-state index contributed by atoms with van der Waals surface area (Å²) in [5.41, 5.74) is 1.21. The SMILES string of the molecule is C=Cc1cccc2sc3cccc(C(C)=O)c3c(=O)c12. The molecular formula is C17H12O2S. The van der Waals surface area contributed by atoms with Crippen molar-refractivity contribution in [1.82, 2.24) is 0 Å². The monoisotopic (exact) mass is 280 g/mol. The van der Waals surface area contributed by atoms with Crippen LogP contribution in [0, 0.1) is 0 Å². The molecule has 98 valence electrons. The van der Waals surface area contributed by atoms with Crippen LogP contribution >= 0.6 is 11.3 Å². The van der Waals surface area contributed by atoms with Gasteiger partial charge < -0.3 is 0 Å². The van der Waals surface area contributed by atoms with Gasteiger partial charge in [0.15, 0.2) is 11.2 Å². The highest BCUT2D eigenvalue weighted by atomic mass is 32.1. The maximum Gasteiger partial charge on any atom is 0.197 e. The Morgan fingerprint density at radius 2 is 1.75 bits per heavy atom. The van der Waals surface area contributed by atoms with Crippen molar-refractivity contribution in [3.8, 4) is 0 Å². The molecule has 0 amide bonds. The third kappa shape index (κ3) is 1.79. The van der Waals surface area contributed by atoms with Crippen molar-refractivity contribution in [1.29, 1.82) is 0 Å². The molecule has 20 heavy (non-hydrogen) atoms. The van der Waals surface area contributed by atoms with E-state index in [2.05, 4.69) is 6.58 Å². The molecule has 0 bridgehead atoms. The van der Waals surface area contributed by atoms with Gasteiger partial charge in [0.2, 0.25) is 0 Å². The standard InChI is InChI=1S/C17H12O2S/c1-3-11-6-4-8-13-15(11)17(19)16-12(10(2)18)7-5-9-14(16)20-13/h3-9H,1H2,2H3. The van der Waals surface area contributed by atoms with E-state index in [0.717, 1.165) is 15.0 Å². The van der Waals surface area contributed by atoms with Gasteiger partial charge in [-0.05, 0) is 24.6 Å². The van der Waals surface area contributed by atoms with Crippen molar-refractivity contribution in [3.05, 3.63) is 64.3 Å². The third-order valence-electron chi connectivity index (χ3n) is 3.36. The van der Waals surface area contributed by atoms with E-state index in [9.17, 15) is 9.59 Å². The molecule has 0 fully saturated rings. The molecule has 0 atom stereocenters. The highest BCUT2D eigenvalue weighted by Crippen LogP contribution is 2.28. The molecule has 0 spiro atoms. The second-order valence-corrected chi connectivity index (χ2v) is 5.67. The van der Waals surface area contributed by atoms with Crippen LogP contribution in [0.4, 0.5) is 0 Å². The molecule has 0 N–H and O–H groups in total. The highest BCUT2D eigenvalue weighted by molar-refractivity contribution is 7.24.